The van der Waals surface area contributed by atoms with Gasteiger partial charge < -0.3 is 10.5 Å². The third-order valence-corrected chi connectivity index (χ3v) is 1.67. The molecule has 0 heterocycles. The molecular weight excluding hydrogens is 196 g/mol. The Bertz CT molecular complexity index is 426. The summed E-state index contributed by atoms with van der Waals surface area (Å²) in [6, 6.07) is 6.28. The quantitative estimate of drug-likeness (QED) is 0.247. The van der Waals surface area contributed by atoms with Crippen molar-refractivity contribution in [3.05, 3.63) is 29.8 Å². The van der Waals surface area contributed by atoms with Gasteiger partial charge in [-0.05, 0) is 12.1 Å². The Morgan fingerprint density at radius 3 is 2.47 bits per heavy atom. The number of benzene rings is 1. The number of ether oxygens (including phenoxy) is 1. The molecule has 1 aromatic carbocycles. The molecule has 0 aliphatic rings. The lowest BCUT2D eigenvalue weighted by Crippen LogP contribution is -2.20. The number of carbonyl (C=O) groups excluding carboxylic acids is 2. The van der Waals surface area contributed by atoms with Gasteiger partial charge >= 0.3 is 5.97 Å². The van der Waals surface area contributed by atoms with Crippen LogP contribution in [-0.4, -0.2) is 17.6 Å². The fourth-order valence-electron chi connectivity index (χ4n) is 0.950. The largest absolute Gasteiger partial charge is 0.420 e. The van der Waals surface area contributed by atoms with Crippen LogP contribution in [0.4, 0.5) is 0 Å². The topological polar surface area (TPSA) is 93.2 Å². The van der Waals surface area contributed by atoms with E-state index in [1.807, 2.05) is 0 Å². The van der Waals surface area contributed by atoms with E-state index in [9.17, 15) is 9.59 Å². The fraction of sp³-hybridized carbons (Fsp3) is 0.100. The van der Waals surface area contributed by atoms with Crippen LogP contribution in [0.2, 0.25) is 0 Å². The average Bonchev–Trinajstić information content (AvgIpc) is 2.18. The Morgan fingerprint density at radius 2 is 1.93 bits per heavy atom. The highest BCUT2D eigenvalue weighted by Gasteiger charge is 2.13. The van der Waals surface area contributed by atoms with Gasteiger partial charge in [0.1, 0.15) is 11.6 Å². The maximum Gasteiger partial charge on any atom is 0.379 e. The molecule has 0 aliphatic heterocycles. The molecule has 1 rings (SSSR count). The van der Waals surface area contributed by atoms with Crippen molar-refractivity contribution < 1.29 is 14.3 Å². The van der Waals surface area contributed by atoms with Crippen molar-refractivity contribution >= 4 is 17.6 Å². The number of nitrogens with two attached hydrogens (primary N) is 1. The lowest BCUT2D eigenvalue weighted by Gasteiger charge is -2.06. The van der Waals surface area contributed by atoms with Crippen LogP contribution in [0.1, 0.15) is 12.5 Å². The summed E-state index contributed by atoms with van der Waals surface area (Å²) in [7, 11) is 0. The van der Waals surface area contributed by atoms with Gasteiger partial charge in [0.15, 0.2) is 0 Å². The summed E-state index contributed by atoms with van der Waals surface area (Å²) in [5.74, 6) is -1.77. The smallest absolute Gasteiger partial charge is 0.379 e. The third-order valence-electron chi connectivity index (χ3n) is 1.67. The van der Waals surface area contributed by atoms with E-state index in [0.717, 1.165) is 6.92 Å². The van der Waals surface area contributed by atoms with Crippen LogP contribution in [0.3, 0.4) is 0 Å². The molecule has 0 amide bonds. The molecule has 0 unspecified atom stereocenters. The number of rotatable bonds is 3. The highest BCUT2D eigenvalue weighted by Crippen LogP contribution is 2.17. The minimum Gasteiger partial charge on any atom is -0.420 e. The van der Waals surface area contributed by atoms with Gasteiger partial charge in [-0.3, -0.25) is 10.2 Å². The first-order valence-electron chi connectivity index (χ1n) is 4.18. The number of para-hydroxylation sites is 1. The molecule has 0 bridgehead atoms. The maximum atomic E-state index is 11.0. The van der Waals surface area contributed by atoms with Crippen molar-refractivity contribution in [2.45, 2.75) is 6.92 Å². The fourth-order valence-corrected chi connectivity index (χ4v) is 0.950. The summed E-state index contributed by atoms with van der Waals surface area (Å²) in [4.78, 5) is 21.7. The molecule has 0 aliphatic carbocycles. The molecule has 0 aromatic heterocycles. The van der Waals surface area contributed by atoms with Crippen LogP contribution < -0.4 is 10.5 Å². The summed E-state index contributed by atoms with van der Waals surface area (Å²) in [6.45, 7) is 1.11. The second-order valence-corrected chi connectivity index (χ2v) is 2.86. The van der Waals surface area contributed by atoms with Gasteiger partial charge in [-0.25, -0.2) is 4.79 Å². The average molecular weight is 206 g/mol. The molecule has 3 N–H and O–H groups in total. The summed E-state index contributed by atoms with van der Waals surface area (Å²) in [5, 5.41) is 7.23. The number of carbonyl (C=O) groups is 2. The Labute approximate surface area is 86.4 Å². The van der Waals surface area contributed by atoms with E-state index < -0.39 is 11.8 Å². The van der Waals surface area contributed by atoms with Gasteiger partial charge in [-0.2, -0.15) is 0 Å². The van der Waals surface area contributed by atoms with Crippen molar-refractivity contribution in [3.63, 3.8) is 0 Å². The van der Waals surface area contributed by atoms with Gasteiger partial charge in [0, 0.05) is 6.92 Å². The molecule has 0 atom stereocenters. The van der Waals surface area contributed by atoms with Crippen LogP contribution in [0.25, 0.3) is 0 Å². The van der Waals surface area contributed by atoms with Crippen LogP contribution in [-0.2, 0) is 9.59 Å². The summed E-state index contributed by atoms with van der Waals surface area (Å²) >= 11 is 0. The predicted octanol–water partition coefficient (Wildman–Crippen LogP) is 0.465. The minimum atomic E-state index is -0.969. The first kappa shape index (κ1) is 10.9. The van der Waals surface area contributed by atoms with Crippen molar-refractivity contribution in [2.75, 3.05) is 0 Å². The van der Waals surface area contributed by atoms with Crippen LogP contribution in [0.5, 0.6) is 5.75 Å². The summed E-state index contributed by atoms with van der Waals surface area (Å²) in [5.41, 5.74) is 5.56. The minimum absolute atomic E-state index is 0.116. The van der Waals surface area contributed by atoms with Crippen LogP contribution in [0.15, 0.2) is 24.3 Å². The van der Waals surface area contributed by atoms with Gasteiger partial charge in [0.2, 0.25) is 5.78 Å². The van der Waals surface area contributed by atoms with Gasteiger partial charge in [-0.15, -0.1) is 0 Å². The van der Waals surface area contributed by atoms with Crippen molar-refractivity contribution in [1.82, 2.24) is 0 Å². The summed E-state index contributed by atoms with van der Waals surface area (Å²) < 4.78 is 4.76. The first-order valence-corrected chi connectivity index (χ1v) is 4.18. The second-order valence-electron chi connectivity index (χ2n) is 2.86. The Balaban J connectivity index is 2.99. The van der Waals surface area contributed by atoms with E-state index in [2.05, 4.69) is 0 Å². The number of nitrogen functional groups attached to an aromatic ring is 1. The molecule has 15 heavy (non-hydrogen) atoms. The zero-order chi connectivity index (χ0) is 11.4. The maximum absolute atomic E-state index is 11.0. The van der Waals surface area contributed by atoms with E-state index in [0.29, 0.717) is 0 Å². The monoisotopic (exact) mass is 206 g/mol. The molecule has 0 radical (unpaired) electrons. The molecule has 0 saturated heterocycles. The molecule has 0 fully saturated rings. The number of amidine groups is 1. The standard InChI is InChI=1S/C10H10N2O3/c1-6(13)10(14)15-8-5-3-2-4-7(8)9(11)12/h2-5H,1H3,(H3,11,12). The molecule has 0 spiro atoms. The Kier molecular flexibility index (Phi) is 3.17. The number of hydrogen-bond donors (Lipinski definition) is 2. The number of ketones is 1. The molecular formula is C10H10N2O3. The lowest BCUT2D eigenvalue weighted by atomic mass is 10.2. The second kappa shape index (κ2) is 4.36. The van der Waals surface area contributed by atoms with E-state index in [-0.39, 0.29) is 17.1 Å². The lowest BCUT2D eigenvalue weighted by molar-refractivity contribution is -0.146. The van der Waals surface area contributed by atoms with E-state index >= 15 is 0 Å². The number of nitrogens with one attached hydrogen (secondary N) is 1. The Morgan fingerprint density at radius 1 is 1.33 bits per heavy atom. The van der Waals surface area contributed by atoms with E-state index in [4.69, 9.17) is 15.9 Å². The number of hydrogen-bond acceptors (Lipinski definition) is 4. The molecule has 78 valence electrons. The van der Waals surface area contributed by atoms with Crippen molar-refractivity contribution in [3.8, 4) is 5.75 Å². The number of esters is 1. The molecule has 5 heteroatoms. The zero-order valence-corrected chi connectivity index (χ0v) is 8.11. The predicted molar refractivity (Wildman–Crippen MR) is 53.8 cm³/mol. The molecule has 5 nitrogen and oxygen atoms in total. The highest BCUT2D eigenvalue weighted by molar-refractivity contribution is 6.33. The van der Waals surface area contributed by atoms with Crippen LogP contribution in [0, 0.1) is 5.41 Å². The van der Waals surface area contributed by atoms with E-state index in [1.54, 1.807) is 12.1 Å². The normalized spacial score (nSPS) is 9.40. The van der Waals surface area contributed by atoms with Gasteiger partial charge in [0.25, 0.3) is 0 Å². The van der Waals surface area contributed by atoms with Crippen LogP contribution >= 0.6 is 0 Å². The zero-order valence-electron chi connectivity index (χ0n) is 8.11. The SMILES string of the molecule is CC(=O)C(=O)Oc1ccccc1C(=N)N. The Hall–Kier alpha value is -2.17. The van der Waals surface area contributed by atoms with Crippen molar-refractivity contribution in [2.24, 2.45) is 5.73 Å². The third kappa shape index (κ3) is 2.63. The van der Waals surface area contributed by atoms with E-state index in [1.165, 1.54) is 12.1 Å². The highest BCUT2D eigenvalue weighted by atomic mass is 16.5. The van der Waals surface area contributed by atoms with Gasteiger partial charge in [0.05, 0.1) is 5.56 Å². The van der Waals surface area contributed by atoms with Crippen molar-refractivity contribution in [1.29, 1.82) is 5.41 Å². The molecule has 1 aromatic rings. The first-order chi connectivity index (χ1) is 7.02. The van der Waals surface area contributed by atoms with Gasteiger partial charge in [-0.1, -0.05) is 12.1 Å². The number of Topliss-reactive ketones (excluding diaryl/α,β-unsaturated/α-hetero) is 1. The summed E-state index contributed by atoms with van der Waals surface area (Å²) in [6.07, 6.45) is 0. The molecule has 0 saturated carbocycles.